The van der Waals surface area contributed by atoms with Crippen molar-refractivity contribution < 1.29 is 23.1 Å². The second-order valence-corrected chi connectivity index (χ2v) is 10.9. The van der Waals surface area contributed by atoms with Crippen LogP contribution >= 0.6 is 0 Å². The molecule has 35 heavy (non-hydrogen) atoms. The standard InChI is InChI=1S/C28H23NO5S/c30-28(31)25-3-1-2-21(27(25)22-9-8-20-12-15-29-26(20)18-22)7-4-19-5-10-23(11-6-19)34-24-13-16-35(32,33)17-14-24/h1-3,5-6,8-12,15,18,24,29H,13-14,16-17H2,(H,30,31). The van der Waals surface area contributed by atoms with Crippen LogP contribution in [0.3, 0.4) is 0 Å². The summed E-state index contributed by atoms with van der Waals surface area (Å²) < 4.78 is 29.1. The molecular formula is C28H23NO5S. The van der Waals surface area contributed by atoms with E-state index in [9.17, 15) is 18.3 Å². The van der Waals surface area contributed by atoms with Gasteiger partial charge >= 0.3 is 5.97 Å². The molecule has 6 nitrogen and oxygen atoms in total. The minimum atomic E-state index is -2.93. The van der Waals surface area contributed by atoms with Crippen LogP contribution in [0.5, 0.6) is 5.75 Å². The third-order valence-electron chi connectivity index (χ3n) is 6.14. The van der Waals surface area contributed by atoms with E-state index in [2.05, 4.69) is 16.8 Å². The van der Waals surface area contributed by atoms with E-state index in [-0.39, 0.29) is 23.2 Å². The first-order chi connectivity index (χ1) is 16.9. The fourth-order valence-electron chi connectivity index (χ4n) is 4.28. The fourth-order valence-corrected chi connectivity index (χ4v) is 5.73. The summed E-state index contributed by atoms with van der Waals surface area (Å²) >= 11 is 0. The normalized spacial score (nSPS) is 15.3. The van der Waals surface area contributed by atoms with E-state index >= 15 is 0 Å². The second-order valence-electron chi connectivity index (χ2n) is 8.56. The lowest BCUT2D eigenvalue weighted by molar-refractivity contribution is 0.0697. The van der Waals surface area contributed by atoms with Gasteiger partial charge in [0.25, 0.3) is 0 Å². The first kappa shape index (κ1) is 22.8. The summed E-state index contributed by atoms with van der Waals surface area (Å²) in [5, 5.41) is 10.8. The third kappa shape index (κ3) is 5.08. The van der Waals surface area contributed by atoms with E-state index in [1.165, 1.54) is 0 Å². The van der Waals surface area contributed by atoms with Crippen molar-refractivity contribution in [3.63, 3.8) is 0 Å². The molecule has 0 aliphatic carbocycles. The number of rotatable bonds is 4. The number of aromatic carboxylic acids is 1. The maximum Gasteiger partial charge on any atom is 0.336 e. The van der Waals surface area contributed by atoms with Gasteiger partial charge in [0.15, 0.2) is 9.84 Å². The van der Waals surface area contributed by atoms with Crippen molar-refractivity contribution in [2.45, 2.75) is 18.9 Å². The summed E-state index contributed by atoms with van der Waals surface area (Å²) in [7, 11) is -2.93. The molecule has 176 valence electrons. The summed E-state index contributed by atoms with van der Waals surface area (Å²) in [6.07, 6.45) is 2.75. The van der Waals surface area contributed by atoms with Crippen LogP contribution in [0.25, 0.3) is 22.0 Å². The van der Waals surface area contributed by atoms with Crippen LogP contribution in [0.2, 0.25) is 0 Å². The molecule has 3 aromatic carbocycles. The van der Waals surface area contributed by atoms with Crippen LogP contribution in [0.1, 0.15) is 34.3 Å². The first-order valence-corrected chi connectivity index (χ1v) is 13.1. The zero-order chi connectivity index (χ0) is 24.4. The van der Waals surface area contributed by atoms with Crippen molar-refractivity contribution >= 4 is 26.7 Å². The Hall–Kier alpha value is -4.02. The monoisotopic (exact) mass is 485 g/mol. The van der Waals surface area contributed by atoms with Crippen LogP contribution in [-0.2, 0) is 9.84 Å². The summed E-state index contributed by atoms with van der Waals surface area (Å²) in [5.41, 5.74) is 3.86. The first-order valence-electron chi connectivity index (χ1n) is 11.3. The zero-order valence-corrected chi connectivity index (χ0v) is 19.6. The Morgan fingerprint density at radius 2 is 1.74 bits per heavy atom. The van der Waals surface area contributed by atoms with Gasteiger partial charge in [-0.05, 0) is 72.3 Å². The highest BCUT2D eigenvalue weighted by atomic mass is 32.2. The fraction of sp³-hybridized carbons (Fsp3) is 0.179. The molecule has 0 bridgehead atoms. The lowest BCUT2D eigenvalue weighted by Gasteiger charge is -2.23. The summed E-state index contributed by atoms with van der Waals surface area (Å²) in [4.78, 5) is 15.1. The number of aromatic nitrogens is 1. The molecule has 1 fully saturated rings. The molecule has 0 unspecified atom stereocenters. The van der Waals surface area contributed by atoms with Crippen molar-refractivity contribution in [3.05, 3.63) is 89.6 Å². The van der Waals surface area contributed by atoms with E-state index in [1.807, 2.05) is 60.8 Å². The molecule has 0 radical (unpaired) electrons. The minimum Gasteiger partial charge on any atom is -0.490 e. The molecule has 1 aromatic heterocycles. The van der Waals surface area contributed by atoms with Crippen LogP contribution < -0.4 is 4.74 Å². The maximum absolute atomic E-state index is 12.0. The minimum absolute atomic E-state index is 0.103. The number of sulfone groups is 1. The molecule has 0 spiro atoms. The third-order valence-corrected chi connectivity index (χ3v) is 7.85. The molecule has 0 saturated carbocycles. The number of carboxylic acids is 1. The van der Waals surface area contributed by atoms with Crippen molar-refractivity contribution in [1.82, 2.24) is 4.98 Å². The van der Waals surface area contributed by atoms with Crippen molar-refractivity contribution in [2.75, 3.05) is 11.5 Å². The van der Waals surface area contributed by atoms with Crippen LogP contribution in [0, 0.1) is 11.8 Å². The average Bonchev–Trinajstić information content (AvgIpc) is 3.32. The highest BCUT2D eigenvalue weighted by Gasteiger charge is 2.24. The van der Waals surface area contributed by atoms with Gasteiger partial charge in [-0.1, -0.05) is 30.0 Å². The molecule has 2 N–H and O–H groups in total. The van der Waals surface area contributed by atoms with Gasteiger partial charge in [0.05, 0.1) is 17.1 Å². The molecule has 1 aliphatic heterocycles. The Morgan fingerprint density at radius 1 is 0.971 bits per heavy atom. The Bertz CT molecular complexity index is 1560. The van der Waals surface area contributed by atoms with E-state index in [1.54, 1.807) is 12.1 Å². The molecule has 4 aromatic rings. The zero-order valence-electron chi connectivity index (χ0n) is 18.8. The molecule has 0 atom stereocenters. The van der Waals surface area contributed by atoms with Gasteiger partial charge in [-0.2, -0.15) is 0 Å². The van der Waals surface area contributed by atoms with E-state index in [4.69, 9.17) is 4.74 Å². The molecule has 2 heterocycles. The molecule has 1 saturated heterocycles. The predicted molar refractivity (Wildman–Crippen MR) is 135 cm³/mol. The summed E-state index contributed by atoms with van der Waals surface area (Å²) in [6.45, 7) is 0. The van der Waals surface area contributed by atoms with Gasteiger partial charge in [-0.3, -0.25) is 0 Å². The topological polar surface area (TPSA) is 96.5 Å². The van der Waals surface area contributed by atoms with Crippen LogP contribution in [0.15, 0.2) is 72.9 Å². The second kappa shape index (κ2) is 9.32. The predicted octanol–water partition coefficient (Wildman–Crippen LogP) is 4.89. The molecule has 7 heteroatoms. The van der Waals surface area contributed by atoms with Gasteiger partial charge in [0, 0.05) is 28.4 Å². The van der Waals surface area contributed by atoms with Crippen molar-refractivity contribution in [3.8, 4) is 28.7 Å². The number of hydrogen-bond donors (Lipinski definition) is 2. The Kier molecular flexibility index (Phi) is 6.06. The van der Waals surface area contributed by atoms with Crippen molar-refractivity contribution in [2.24, 2.45) is 0 Å². The number of ether oxygens (including phenoxy) is 1. The number of H-pyrrole nitrogens is 1. The van der Waals surface area contributed by atoms with Crippen LogP contribution in [0.4, 0.5) is 0 Å². The number of benzene rings is 3. The highest BCUT2D eigenvalue weighted by Crippen LogP contribution is 2.30. The maximum atomic E-state index is 12.0. The molecule has 0 amide bonds. The number of nitrogens with one attached hydrogen (secondary N) is 1. The number of carboxylic acid groups (broad SMARTS) is 1. The van der Waals surface area contributed by atoms with E-state index < -0.39 is 15.8 Å². The van der Waals surface area contributed by atoms with Crippen LogP contribution in [-0.4, -0.2) is 42.1 Å². The summed E-state index contributed by atoms with van der Waals surface area (Å²) in [5.74, 6) is 6.26. The van der Waals surface area contributed by atoms with Crippen molar-refractivity contribution in [1.29, 1.82) is 0 Å². The van der Waals surface area contributed by atoms with E-state index in [0.29, 0.717) is 29.7 Å². The Balaban J connectivity index is 1.41. The lowest BCUT2D eigenvalue weighted by Crippen LogP contribution is -2.30. The number of aromatic amines is 1. The number of fused-ring (bicyclic) bond motifs is 1. The van der Waals surface area contributed by atoms with Gasteiger partial charge in [-0.25, -0.2) is 13.2 Å². The Labute approximate surface area is 203 Å². The largest absolute Gasteiger partial charge is 0.490 e. The quantitative estimate of drug-likeness (QED) is 0.401. The SMILES string of the molecule is O=C(O)c1cccc(C#Cc2ccc(OC3CCS(=O)(=O)CC3)cc2)c1-c1ccc2cc[nH]c2c1. The smallest absolute Gasteiger partial charge is 0.336 e. The average molecular weight is 486 g/mol. The van der Waals surface area contributed by atoms with Gasteiger partial charge in [-0.15, -0.1) is 0 Å². The molecular weight excluding hydrogens is 462 g/mol. The molecule has 5 rings (SSSR count). The lowest BCUT2D eigenvalue weighted by atomic mass is 9.93. The molecule has 1 aliphatic rings. The number of hydrogen-bond acceptors (Lipinski definition) is 4. The van der Waals surface area contributed by atoms with E-state index in [0.717, 1.165) is 22.0 Å². The highest BCUT2D eigenvalue weighted by molar-refractivity contribution is 7.91. The number of carbonyl (C=O) groups is 1. The van der Waals surface area contributed by atoms with Gasteiger partial charge in [0.2, 0.25) is 0 Å². The van der Waals surface area contributed by atoms with Gasteiger partial charge in [0.1, 0.15) is 11.9 Å². The Morgan fingerprint density at radius 3 is 2.49 bits per heavy atom. The van der Waals surface area contributed by atoms with Gasteiger partial charge < -0.3 is 14.8 Å². The summed E-state index contributed by atoms with van der Waals surface area (Å²) in [6, 6.07) is 20.2.